The quantitative estimate of drug-likeness (QED) is 0.581. The molecule has 0 aliphatic carbocycles. The number of carbonyl (C=O) groups excluding carboxylic acids is 1. The van der Waals surface area contributed by atoms with Gasteiger partial charge in [0, 0.05) is 5.75 Å². The van der Waals surface area contributed by atoms with Crippen LogP contribution in [0.25, 0.3) is 0 Å². The van der Waals surface area contributed by atoms with E-state index in [1.807, 2.05) is 11.8 Å². The zero-order valence-electron chi connectivity index (χ0n) is 10.2. The van der Waals surface area contributed by atoms with Crippen molar-refractivity contribution < 1.29 is 17.9 Å². The fraction of sp³-hybridized carbons (Fsp3) is 0.900. The molecule has 16 heavy (non-hydrogen) atoms. The first-order chi connectivity index (χ1) is 7.45. The van der Waals surface area contributed by atoms with Crippen LogP contribution in [0.4, 0.5) is 0 Å². The number of likely N-dealkylation sites (N-methyl/N-ethyl adjacent to an activating group) is 1. The van der Waals surface area contributed by atoms with E-state index in [-0.39, 0.29) is 24.0 Å². The zero-order valence-corrected chi connectivity index (χ0v) is 11.0. The molecule has 0 rings (SSSR count). The van der Waals surface area contributed by atoms with E-state index in [2.05, 4.69) is 4.74 Å². The number of esters is 1. The maximum absolute atomic E-state index is 11.2. The van der Waals surface area contributed by atoms with Crippen LogP contribution < -0.4 is 0 Å². The number of rotatable bonds is 8. The molecule has 0 amide bonds. The molecule has 0 unspecified atom stereocenters. The van der Waals surface area contributed by atoms with E-state index in [0.29, 0.717) is 19.5 Å². The zero-order chi connectivity index (χ0) is 12.6. The molecule has 0 aromatic rings. The van der Waals surface area contributed by atoms with Gasteiger partial charge in [-0.3, -0.25) is 9.69 Å². The van der Waals surface area contributed by atoms with E-state index in [4.69, 9.17) is 0 Å². The first-order valence-electron chi connectivity index (χ1n) is 5.44. The Hall–Kier alpha value is -0.620. The van der Waals surface area contributed by atoms with Crippen LogP contribution in [0.5, 0.6) is 0 Å². The van der Waals surface area contributed by atoms with Crippen molar-refractivity contribution in [2.45, 2.75) is 20.3 Å². The molecular weight excluding hydrogens is 230 g/mol. The van der Waals surface area contributed by atoms with Crippen molar-refractivity contribution in [1.29, 1.82) is 0 Å². The Morgan fingerprint density at radius 1 is 1.31 bits per heavy atom. The molecule has 0 aliphatic heterocycles. The average molecular weight is 251 g/mol. The summed E-state index contributed by atoms with van der Waals surface area (Å²) < 4.78 is 27.0. The molecule has 0 radical (unpaired) electrons. The minimum Gasteiger partial charge on any atom is -0.468 e. The number of carbonyl (C=O) groups is 1. The lowest BCUT2D eigenvalue weighted by atomic mass is 10.4. The number of hydrogen-bond acceptors (Lipinski definition) is 5. The van der Waals surface area contributed by atoms with Crippen molar-refractivity contribution in [3.8, 4) is 0 Å². The lowest BCUT2D eigenvalue weighted by molar-refractivity contribution is -0.141. The van der Waals surface area contributed by atoms with E-state index in [0.717, 1.165) is 0 Å². The highest BCUT2D eigenvalue weighted by atomic mass is 32.2. The third-order valence-corrected chi connectivity index (χ3v) is 4.19. The summed E-state index contributed by atoms with van der Waals surface area (Å²) in [5.74, 6) is 0.0669. The van der Waals surface area contributed by atoms with Crippen LogP contribution in [0, 0.1) is 0 Å². The van der Waals surface area contributed by atoms with E-state index in [1.165, 1.54) is 7.11 Å². The Morgan fingerprint density at radius 3 is 2.38 bits per heavy atom. The summed E-state index contributed by atoms with van der Waals surface area (Å²) in [5.41, 5.74) is 0. The van der Waals surface area contributed by atoms with Gasteiger partial charge in [0.15, 0.2) is 0 Å². The average Bonchev–Trinajstić information content (AvgIpc) is 2.27. The third-order valence-electron chi connectivity index (χ3n) is 2.40. The fourth-order valence-corrected chi connectivity index (χ4v) is 2.11. The van der Waals surface area contributed by atoms with Crippen molar-refractivity contribution in [2.75, 3.05) is 38.2 Å². The topological polar surface area (TPSA) is 63.7 Å². The Morgan fingerprint density at radius 2 is 1.94 bits per heavy atom. The van der Waals surface area contributed by atoms with Gasteiger partial charge >= 0.3 is 5.97 Å². The van der Waals surface area contributed by atoms with Crippen LogP contribution >= 0.6 is 0 Å². The molecule has 0 aromatic heterocycles. The number of sulfone groups is 1. The van der Waals surface area contributed by atoms with Crippen LogP contribution in [0.3, 0.4) is 0 Å². The highest BCUT2D eigenvalue weighted by Gasteiger charge is 2.11. The molecule has 0 atom stereocenters. The Kier molecular flexibility index (Phi) is 7.33. The molecule has 0 spiro atoms. The predicted molar refractivity (Wildman–Crippen MR) is 63.1 cm³/mol. The molecule has 0 saturated carbocycles. The molecule has 0 aromatic carbocycles. The Bertz CT molecular complexity index is 300. The third kappa shape index (κ3) is 6.79. The van der Waals surface area contributed by atoms with Gasteiger partial charge in [-0.25, -0.2) is 8.42 Å². The molecule has 0 saturated heterocycles. The maximum atomic E-state index is 11.2. The van der Waals surface area contributed by atoms with Crippen LogP contribution in [0.1, 0.15) is 20.3 Å². The fourth-order valence-electron chi connectivity index (χ4n) is 1.25. The summed E-state index contributed by atoms with van der Waals surface area (Å²) in [5, 5.41) is 0. The van der Waals surface area contributed by atoms with Gasteiger partial charge < -0.3 is 4.74 Å². The molecule has 0 heterocycles. The predicted octanol–water partition coefficient (Wildman–Crippen LogP) is 0.306. The minimum atomic E-state index is -2.90. The molecule has 96 valence electrons. The second-order valence-electron chi connectivity index (χ2n) is 3.53. The van der Waals surface area contributed by atoms with Crippen LogP contribution in [0.2, 0.25) is 0 Å². The second-order valence-corrected chi connectivity index (χ2v) is 6.01. The smallest absolute Gasteiger partial charge is 0.319 e. The van der Waals surface area contributed by atoms with Gasteiger partial charge in [-0.1, -0.05) is 13.8 Å². The molecule has 5 nitrogen and oxygen atoms in total. The first kappa shape index (κ1) is 15.4. The highest BCUT2D eigenvalue weighted by Crippen LogP contribution is 1.97. The summed E-state index contributed by atoms with van der Waals surface area (Å²) >= 11 is 0. The lowest BCUT2D eigenvalue weighted by Gasteiger charge is -2.18. The monoisotopic (exact) mass is 251 g/mol. The van der Waals surface area contributed by atoms with E-state index in [1.54, 1.807) is 6.92 Å². The highest BCUT2D eigenvalue weighted by molar-refractivity contribution is 7.91. The van der Waals surface area contributed by atoms with Crippen molar-refractivity contribution in [2.24, 2.45) is 0 Å². The van der Waals surface area contributed by atoms with Gasteiger partial charge in [0.1, 0.15) is 9.84 Å². The molecule has 0 aliphatic rings. The molecule has 6 heteroatoms. The summed E-state index contributed by atoms with van der Waals surface area (Å²) in [7, 11) is -1.56. The SMILES string of the molecule is CCN(CCCS(=O)(=O)CC)CC(=O)OC. The molecule has 0 bridgehead atoms. The van der Waals surface area contributed by atoms with Crippen LogP contribution in [-0.2, 0) is 19.4 Å². The number of nitrogens with zero attached hydrogens (tertiary/aromatic N) is 1. The van der Waals surface area contributed by atoms with Gasteiger partial charge in [0.05, 0.1) is 19.4 Å². The van der Waals surface area contributed by atoms with Gasteiger partial charge in [-0.05, 0) is 19.5 Å². The largest absolute Gasteiger partial charge is 0.468 e. The molecule has 0 fully saturated rings. The Labute approximate surface area is 97.7 Å². The molecule has 0 N–H and O–H groups in total. The van der Waals surface area contributed by atoms with Gasteiger partial charge in [0.25, 0.3) is 0 Å². The summed E-state index contributed by atoms with van der Waals surface area (Å²) in [6.45, 7) is 5.10. The van der Waals surface area contributed by atoms with Gasteiger partial charge in [-0.15, -0.1) is 0 Å². The van der Waals surface area contributed by atoms with Crippen molar-refractivity contribution >= 4 is 15.8 Å². The maximum Gasteiger partial charge on any atom is 0.319 e. The van der Waals surface area contributed by atoms with Crippen LogP contribution in [0.15, 0.2) is 0 Å². The Balaban J connectivity index is 3.93. The van der Waals surface area contributed by atoms with Gasteiger partial charge in [-0.2, -0.15) is 0 Å². The van der Waals surface area contributed by atoms with Gasteiger partial charge in [0.2, 0.25) is 0 Å². The van der Waals surface area contributed by atoms with Crippen molar-refractivity contribution in [1.82, 2.24) is 4.90 Å². The van der Waals surface area contributed by atoms with Crippen LogP contribution in [-0.4, -0.2) is 57.5 Å². The summed E-state index contributed by atoms with van der Waals surface area (Å²) in [4.78, 5) is 12.9. The normalized spacial score (nSPS) is 11.8. The lowest BCUT2D eigenvalue weighted by Crippen LogP contribution is -2.32. The first-order valence-corrected chi connectivity index (χ1v) is 7.26. The van der Waals surface area contributed by atoms with E-state index in [9.17, 15) is 13.2 Å². The molecular formula is C10H21NO4S. The van der Waals surface area contributed by atoms with E-state index < -0.39 is 9.84 Å². The van der Waals surface area contributed by atoms with Crippen molar-refractivity contribution in [3.63, 3.8) is 0 Å². The number of methoxy groups -OCH3 is 1. The number of ether oxygens (including phenoxy) is 1. The summed E-state index contributed by atoms with van der Waals surface area (Å²) in [6, 6.07) is 0. The standard InChI is InChI=1S/C10H21NO4S/c1-4-11(9-10(12)15-3)7-6-8-16(13,14)5-2/h4-9H2,1-3H3. The van der Waals surface area contributed by atoms with E-state index >= 15 is 0 Å². The second kappa shape index (κ2) is 7.62. The minimum absolute atomic E-state index is 0.177. The van der Waals surface area contributed by atoms with Crippen molar-refractivity contribution in [3.05, 3.63) is 0 Å². The number of hydrogen-bond donors (Lipinski definition) is 0. The summed E-state index contributed by atoms with van der Waals surface area (Å²) in [6.07, 6.45) is 0.557.